The highest BCUT2D eigenvalue weighted by molar-refractivity contribution is 4.93. The second-order valence-corrected chi connectivity index (χ2v) is 3.33. The van der Waals surface area contributed by atoms with Crippen LogP contribution in [0.25, 0.3) is 0 Å². The third-order valence-corrected chi connectivity index (χ3v) is 2.17. The Hall–Kier alpha value is -0.520. The van der Waals surface area contributed by atoms with Crippen molar-refractivity contribution in [3.8, 4) is 0 Å². The summed E-state index contributed by atoms with van der Waals surface area (Å²) in [6.45, 7) is 0. The van der Waals surface area contributed by atoms with Gasteiger partial charge in [0.15, 0.2) is 0 Å². The zero-order chi connectivity index (χ0) is 8.49. The molecule has 1 radical (unpaired) electrons. The number of allylic oxidation sites excluding steroid dienone is 4. The fraction of sp³-hybridized carbons (Fsp3) is 0.583. The maximum atomic E-state index is 2.43. The third kappa shape index (κ3) is 5.17. The Bertz CT molecular complexity index is 126. The monoisotopic (exact) mass is 163 g/mol. The zero-order valence-electron chi connectivity index (χ0n) is 7.84. The van der Waals surface area contributed by atoms with Crippen LogP contribution >= 0.6 is 0 Å². The van der Waals surface area contributed by atoms with Gasteiger partial charge >= 0.3 is 0 Å². The lowest BCUT2D eigenvalue weighted by atomic mass is 10.1. The molecular weight excluding hydrogens is 144 g/mol. The van der Waals surface area contributed by atoms with E-state index in [-0.39, 0.29) is 0 Å². The predicted octanol–water partition coefficient (Wildman–Crippen LogP) is 4.05. The molecule has 12 heavy (non-hydrogen) atoms. The molecule has 67 valence electrons. The normalized spacial score (nSPS) is 26.7. The summed E-state index contributed by atoms with van der Waals surface area (Å²) in [7, 11) is 0. The molecule has 0 aromatic carbocycles. The first kappa shape index (κ1) is 9.57. The second-order valence-electron chi connectivity index (χ2n) is 3.33. The summed E-state index contributed by atoms with van der Waals surface area (Å²) < 4.78 is 0. The van der Waals surface area contributed by atoms with Gasteiger partial charge in [-0.3, -0.25) is 0 Å². The highest BCUT2D eigenvalue weighted by Crippen LogP contribution is 2.08. The molecule has 0 aliphatic heterocycles. The highest BCUT2D eigenvalue weighted by atomic mass is 14.0. The first-order valence-corrected chi connectivity index (χ1v) is 5.12. The zero-order valence-corrected chi connectivity index (χ0v) is 7.84. The second kappa shape index (κ2) is 7.15. The minimum absolute atomic E-state index is 1.12. The molecule has 0 aromatic rings. The molecule has 0 bridgehead atoms. The van der Waals surface area contributed by atoms with Crippen LogP contribution in [0.4, 0.5) is 0 Å². The van der Waals surface area contributed by atoms with Gasteiger partial charge < -0.3 is 0 Å². The van der Waals surface area contributed by atoms with Gasteiger partial charge in [0, 0.05) is 0 Å². The lowest BCUT2D eigenvalue weighted by Crippen LogP contribution is -1.80. The molecule has 0 nitrogen and oxygen atoms in total. The van der Waals surface area contributed by atoms with Crippen LogP contribution in [0.2, 0.25) is 0 Å². The summed E-state index contributed by atoms with van der Waals surface area (Å²) >= 11 is 0. The molecule has 0 fully saturated rings. The van der Waals surface area contributed by atoms with Gasteiger partial charge in [-0.25, -0.2) is 0 Å². The van der Waals surface area contributed by atoms with Crippen LogP contribution in [0.3, 0.4) is 0 Å². The molecule has 0 saturated heterocycles. The highest BCUT2D eigenvalue weighted by Gasteiger charge is 1.89. The molecular formula is C12H19. The summed E-state index contributed by atoms with van der Waals surface area (Å²) in [5.41, 5.74) is 0. The summed E-state index contributed by atoms with van der Waals surface area (Å²) in [5, 5.41) is 0. The summed E-state index contributed by atoms with van der Waals surface area (Å²) in [4.78, 5) is 0. The van der Waals surface area contributed by atoms with Crippen molar-refractivity contribution < 1.29 is 0 Å². The van der Waals surface area contributed by atoms with E-state index in [1.54, 1.807) is 0 Å². The minimum Gasteiger partial charge on any atom is -0.0882 e. The van der Waals surface area contributed by atoms with Crippen LogP contribution in [-0.2, 0) is 0 Å². The molecule has 0 unspecified atom stereocenters. The Kier molecular flexibility index (Phi) is 5.70. The number of hydrogen-bond donors (Lipinski definition) is 0. The van der Waals surface area contributed by atoms with E-state index in [0.29, 0.717) is 0 Å². The van der Waals surface area contributed by atoms with Gasteiger partial charge in [-0.2, -0.15) is 0 Å². The molecule has 0 amide bonds. The Morgan fingerprint density at radius 2 is 1.33 bits per heavy atom. The first-order chi connectivity index (χ1) is 6.00. The molecule has 0 aromatic heterocycles. The van der Waals surface area contributed by atoms with Crippen LogP contribution in [0.5, 0.6) is 0 Å². The van der Waals surface area contributed by atoms with Crippen LogP contribution in [0.15, 0.2) is 24.3 Å². The van der Waals surface area contributed by atoms with Crippen LogP contribution in [0, 0.1) is 6.42 Å². The Morgan fingerprint density at radius 1 is 0.583 bits per heavy atom. The molecule has 1 aliphatic carbocycles. The fourth-order valence-electron chi connectivity index (χ4n) is 1.42. The van der Waals surface area contributed by atoms with E-state index in [0.717, 1.165) is 6.42 Å². The van der Waals surface area contributed by atoms with Gasteiger partial charge in [-0.15, -0.1) is 0 Å². The van der Waals surface area contributed by atoms with Gasteiger partial charge in [-0.1, -0.05) is 37.1 Å². The van der Waals surface area contributed by atoms with Gasteiger partial charge in [-0.05, 0) is 38.5 Å². The number of hydrogen-bond acceptors (Lipinski definition) is 0. The summed E-state index contributed by atoms with van der Waals surface area (Å²) in [6, 6.07) is 0. The van der Waals surface area contributed by atoms with E-state index in [1.165, 1.54) is 38.5 Å². The standard InChI is InChI=1S/C12H19/c1-2-4-6-8-10-12-11-9-7-5-3-1/h1-2,5,7-8H,3-4,6,9-12H2/b2-1-,7-5+. The van der Waals surface area contributed by atoms with Crippen molar-refractivity contribution in [1.82, 2.24) is 0 Å². The lowest BCUT2D eigenvalue weighted by molar-refractivity contribution is 0.713. The van der Waals surface area contributed by atoms with E-state index >= 15 is 0 Å². The third-order valence-electron chi connectivity index (χ3n) is 2.17. The molecule has 0 heterocycles. The Balaban J connectivity index is 2.20. The van der Waals surface area contributed by atoms with E-state index in [9.17, 15) is 0 Å². The van der Waals surface area contributed by atoms with E-state index in [1.807, 2.05) is 0 Å². The van der Waals surface area contributed by atoms with E-state index < -0.39 is 0 Å². The fourth-order valence-corrected chi connectivity index (χ4v) is 1.42. The molecule has 0 N–H and O–H groups in total. The van der Waals surface area contributed by atoms with E-state index in [4.69, 9.17) is 0 Å². The summed E-state index contributed by atoms with van der Waals surface area (Å²) in [6.07, 6.45) is 20.5. The van der Waals surface area contributed by atoms with Crippen molar-refractivity contribution in [2.24, 2.45) is 0 Å². The largest absolute Gasteiger partial charge is 0.0882 e. The molecule has 1 aliphatic rings. The van der Waals surface area contributed by atoms with Gasteiger partial charge in [0.05, 0.1) is 0 Å². The lowest BCUT2D eigenvalue weighted by Gasteiger charge is -1.98. The van der Waals surface area contributed by atoms with Crippen molar-refractivity contribution in [2.75, 3.05) is 0 Å². The molecule has 0 spiro atoms. The molecule has 1 rings (SSSR count). The molecule has 0 heteroatoms. The average molecular weight is 163 g/mol. The van der Waals surface area contributed by atoms with E-state index in [2.05, 4.69) is 30.7 Å². The van der Waals surface area contributed by atoms with Gasteiger partial charge in [0.25, 0.3) is 0 Å². The minimum atomic E-state index is 1.12. The number of rotatable bonds is 0. The first-order valence-electron chi connectivity index (χ1n) is 5.12. The Morgan fingerprint density at radius 3 is 2.25 bits per heavy atom. The predicted molar refractivity (Wildman–Crippen MR) is 54.9 cm³/mol. The molecule has 0 atom stereocenters. The topological polar surface area (TPSA) is 0 Å². The summed E-state index contributed by atoms with van der Waals surface area (Å²) in [5.74, 6) is 0. The van der Waals surface area contributed by atoms with Crippen molar-refractivity contribution in [1.29, 1.82) is 0 Å². The van der Waals surface area contributed by atoms with Crippen molar-refractivity contribution in [3.05, 3.63) is 30.7 Å². The van der Waals surface area contributed by atoms with Gasteiger partial charge in [0.2, 0.25) is 0 Å². The Labute approximate surface area is 76.4 Å². The SMILES string of the molecule is [CH]1CC/C=C\C/C=C/CCCC1. The van der Waals surface area contributed by atoms with Crippen molar-refractivity contribution >= 4 is 0 Å². The van der Waals surface area contributed by atoms with Crippen LogP contribution < -0.4 is 0 Å². The van der Waals surface area contributed by atoms with Crippen molar-refractivity contribution in [3.63, 3.8) is 0 Å². The van der Waals surface area contributed by atoms with Gasteiger partial charge in [0.1, 0.15) is 0 Å². The quantitative estimate of drug-likeness (QED) is 0.473. The maximum Gasteiger partial charge on any atom is -0.0169 e. The smallest absolute Gasteiger partial charge is 0.0169 e. The van der Waals surface area contributed by atoms with Crippen molar-refractivity contribution in [2.45, 2.75) is 44.9 Å². The van der Waals surface area contributed by atoms with Crippen LogP contribution in [-0.4, -0.2) is 0 Å². The maximum absolute atomic E-state index is 2.43. The average Bonchev–Trinajstić information content (AvgIpc) is 2.05. The van der Waals surface area contributed by atoms with Crippen LogP contribution in [0.1, 0.15) is 44.9 Å². The molecule has 0 saturated carbocycles.